The fraction of sp³-hybridized carbons (Fsp3) is 0.522. The fourth-order valence-corrected chi connectivity index (χ4v) is 6.10. The first-order valence-electron chi connectivity index (χ1n) is 11.0. The third-order valence-electron chi connectivity index (χ3n) is 7.03. The first-order valence-corrected chi connectivity index (χ1v) is 11.9. The van der Waals surface area contributed by atoms with Crippen molar-refractivity contribution in [3.05, 3.63) is 52.6 Å². The molecule has 6 nitrogen and oxygen atoms in total. The molecule has 30 heavy (non-hydrogen) atoms. The van der Waals surface area contributed by atoms with Gasteiger partial charge in [0, 0.05) is 36.1 Å². The number of aliphatic hydroxyl groups excluding tert-OH is 1. The Hall–Kier alpha value is -2.09. The third-order valence-corrected chi connectivity index (χ3v) is 7.86. The Morgan fingerprint density at radius 1 is 1.07 bits per heavy atom. The largest absolute Gasteiger partial charge is 0.391 e. The number of thiazole rings is 1. The Bertz CT molecular complexity index is 1010. The summed E-state index contributed by atoms with van der Waals surface area (Å²) in [5.74, 6) is 1.78. The molecule has 3 aromatic rings. The van der Waals surface area contributed by atoms with Crippen LogP contribution in [0.25, 0.3) is 11.3 Å². The molecule has 2 saturated carbocycles. The number of rotatable bonds is 5. The second-order valence-corrected chi connectivity index (χ2v) is 10.2. The van der Waals surface area contributed by atoms with Crippen molar-refractivity contribution in [2.45, 2.75) is 50.3 Å². The molecule has 1 aliphatic heterocycles. The summed E-state index contributed by atoms with van der Waals surface area (Å²) in [5, 5.41) is 22.9. The van der Waals surface area contributed by atoms with Gasteiger partial charge in [-0.2, -0.15) is 0 Å². The molecule has 1 saturated heterocycles. The minimum atomic E-state index is -0.329. The molecule has 0 amide bonds. The molecule has 0 spiro atoms. The molecule has 1 N–H and O–H groups in total. The summed E-state index contributed by atoms with van der Waals surface area (Å²) in [4.78, 5) is 7.39. The van der Waals surface area contributed by atoms with Crippen LogP contribution in [-0.2, 0) is 6.54 Å². The fourth-order valence-electron chi connectivity index (χ4n) is 5.25. The van der Waals surface area contributed by atoms with Gasteiger partial charge in [0.05, 0.1) is 30.1 Å². The minimum absolute atomic E-state index is 0.0655. The molecule has 0 bridgehead atoms. The third kappa shape index (κ3) is 3.59. The highest BCUT2D eigenvalue weighted by Gasteiger charge is 2.43. The lowest BCUT2D eigenvalue weighted by Gasteiger charge is -2.35. The molecular formula is C23H27N5OS. The Kier molecular flexibility index (Phi) is 4.70. The van der Waals surface area contributed by atoms with Crippen molar-refractivity contribution in [1.29, 1.82) is 0 Å². The Morgan fingerprint density at radius 2 is 1.87 bits per heavy atom. The summed E-state index contributed by atoms with van der Waals surface area (Å²) >= 11 is 1.75. The van der Waals surface area contributed by atoms with Gasteiger partial charge in [-0.15, -0.1) is 16.4 Å². The number of hydrogen-bond acceptors (Lipinski definition) is 6. The van der Waals surface area contributed by atoms with Gasteiger partial charge < -0.3 is 5.11 Å². The van der Waals surface area contributed by atoms with Crippen molar-refractivity contribution in [3.63, 3.8) is 0 Å². The van der Waals surface area contributed by atoms with E-state index in [9.17, 15) is 5.11 Å². The summed E-state index contributed by atoms with van der Waals surface area (Å²) in [6.07, 6.45) is 6.06. The first kappa shape index (κ1) is 18.7. The minimum Gasteiger partial charge on any atom is -0.391 e. The summed E-state index contributed by atoms with van der Waals surface area (Å²) in [7, 11) is 0. The molecule has 0 unspecified atom stereocenters. The molecule has 7 heteroatoms. The molecule has 1 aromatic carbocycles. The zero-order chi connectivity index (χ0) is 20.1. The van der Waals surface area contributed by atoms with E-state index in [1.807, 2.05) is 10.7 Å². The summed E-state index contributed by atoms with van der Waals surface area (Å²) < 4.78 is 1.95. The zero-order valence-corrected chi connectivity index (χ0v) is 17.8. The van der Waals surface area contributed by atoms with Crippen LogP contribution in [0.3, 0.4) is 0 Å². The lowest BCUT2D eigenvalue weighted by atomic mass is 9.77. The molecular weight excluding hydrogens is 394 g/mol. The van der Waals surface area contributed by atoms with Gasteiger partial charge in [0.2, 0.25) is 0 Å². The maximum atomic E-state index is 10.8. The zero-order valence-electron chi connectivity index (χ0n) is 17.0. The summed E-state index contributed by atoms with van der Waals surface area (Å²) in [5.41, 5.74) is 3.36. The van der Waals surface area contributed by atoms with Gasteiger partial charge in [-0.3, -0.25) is 4.90 Å². The number of likely N-dealkylation sites (tertiary alicyclic amines) is 1. The van der Waals surface area contributed by atoms with Crippen LogP contribution in [-0.4, -0.2) is 49.2 Å². The predicted molar refractivity (Wildman–Crippen MR) is 116 cm³/mol. The van der Waals surface area contributed by atoms with E-state index < -0.39 is 0 Å². The van der Waals surface area contributed by atoms with Gasteiger partial charge in [-0.05, 0) is 37.5 Å². The predicted octanol–water partition coefficient (Wildman–Crippen LogP) is 3.72. The standard InChI is InChI=1S/C23H27N5OS/c29-22-9-18-11-27(13-23-24-20(14-30-23)15-4-2-1-3-5-15)10-17(18)8-21(22)28-12-19(25-26-28)16-6-7-16/h1-5,12,14,16-18,21-22,29H,6-11,13H2/t17-,18+,21-,22-/m1/s1. The van der Waals surface area contributed by atoms with Crippen molar-refractivity contribution in [2.24, 2.45) is 11.8 Å². The number of aromatic nitrogens is 4. The topological polar surface area (TPSA) is 67.1 Å². The Balaban J connectivity index is 1.11. The Labute approximate surface area is 180 Å². The van der Waals surface area contributed by atoms with Gasteiger partial charge in [-0.25, -0.2) is 9.67 Å². The molecule has 2 aromatic heterocycles. The maximum Gasteiger partial charge on any atom is 0.107 e. The van der Waals surface area contributed by atoms with Crippen LogP contribution >= 0.6 is 11.3 Å². The highest BCUT2D eigenvalue weighted by atomic mass is 32.1. The van der Waals surface area contributed by atoms with E-state index in [0.29, 0.717) is 17.8 Å². The van der Waals surface area contributed by atoms with Crippen molar-refractivity contribution in [1.82, 2.24) is 24.9 Å². The van der Waals surface area contributed by atoms with E-state index in [1.54, 1.807) is 11.3 Å². The summed E-state index contributed by atoms with van der Waals surface area (Å²) in [6.45, 7) is 3.04. The second-order valence-electron chi connectivity index (χ2n) is 9.21. The van der Waals surface area contributed by atoms with Crippen molar-refractivity contribution in [3.8, 4) is 11.3 Å². The lowest BCUT2D eigenvalue weighted by molar-refractivity contribution is 0.0298. The maximum absolute atomic E-state index is 10.8. The van der Waals surface area contributed by atoms with E-state index in [1.165, 1.54) is 23.4 Å². The van der Waals surface area contributed by atoms with E-state index >= 15 is 0 Å². The normalized spacial score (nSPS) is 29.2. The van der Waals surface area contributed by atoms with Gasteiger partial charge >= 0.3 is 0 Å². The number of hydrogen-bond donors (Lipinski definition) is 1. The number of aliphatic hydroxyl groups is 1. The van der Waals surface area contributed by atoms with Crippen LogP contribution in [0, 0.1) is 11.8 Å². The van der Waals surface area contributed by atoms with Crippen LogP contribution in [0.1, 0.15) is 48.3 Å². The van der Waals surface area contributed by atoms with Crippen LogP contribution < -0.4 is 0 Å². The highest BCUT2D eigenvalue weighted by molar-refractivity contribution is 7.09. The van der Waals surface area contributed by atoms with Crippen LogP contribution in [0.2, 0.25) is 0 Å². The average molecular weight is 422 g/mol. The second kappa shape index (κ2) is 7.55. The molecule has 3 aliphatic rings. The number of benzene rings is 1. The SMILES string of the molecule is O[C@@H]1C[C@H]2CN(Cc3nc(-c4ccccc4)cs3)C[C@H]2C[C@H]1n1cc(C2CC2)nn1. The van der Waals surface area contributed by atoms with Crippen LogP contribution in [0.15, 0.2) is 41.9 Å². The average Bonchev–Trinajstić information content (AvgIpc) is 3.14. The van der Waals surface area contributed by atoms with E-state index in [2.05, 4.69) is 51.1 Å². The molecule has 0 radical (unpaired) electrons. The van der Waals surface area contributed by atoms with Crippen molar-refractivity contribution in [2.75, 3.05) is 13.1 Å². The number of fused-ring (bicyclic) bond motifs is 1. The molecule has 3 fully saturated rings. The monoisotopic (exact) mass is 421 g/mol. The highest BCUT2D eigenvalue weighted by Crippen LogP contribution is 2.43. The van der Waals surface area contributed by atoms with Gasteiger partial charge in [0.1, 0.15) is 5.01 Å². The van der Waals surface area contributed by atoms with Crippen molar-refractivity contribution < 1.29 is 5.11 Å². The van der Waals surface area contributed by atoms with E-state index in [-0.39, 0.29) is 12.1 Å². The molecule has 4 atom stereocenters. The van der Waals surface area contributed by atoms with E-state index in [0.717, 1.165) is 43.9 Å². The number of nitrogens with zero attached hydrogens (tertiary/aromatic N) is 5. The smallest absolute Gasteiger partial charge is 0.107 e. The van der Waals surface area contributed by atoms with Crippen LogP contribution in [0.5, 0.6) is 0 Å². The first-order chi connectivity index (χ1) is 14.7. The quantitative estimate of drug-likeness (QED) is 0.680. The lowest BCUT2D eigenvalue weighted by Crippen LogP contribution is -2.36. The van der Waals surface area contributed by atoms with Gasteiger partial charge in [-0.1, -0.05) is 35.5 Å². The van der Waals surface area contributed by atoms with Crippen molar-refractivity contribution >= 4 is 11.3 Å². The van der Waals surface area contributed by atoms with Gasteiger partial charge in [0.15, 0.2) is 0 Å². The molecule has 6 rings (SSSR count). The molecule has 2 aliphatic carbocycles. The van der Waals surface area contributed by atoms with E-state index in [4.69, 9.17) is 4.98 Å². The van der Waals surface area contributed by atoms with Gasteiger partial charge in [0.25, 0.3) is 0 Å². The Morgan fingerprint density at radius 3 is 2.67 bits per heavy atom. The summed E-state index contributed by atoms with van der Waals surface area (Å²) in [6, 6.07) is 10.5. The van der Waals surface area contributed by atoms with Crippen LogP contribution in [0.4, 0.5) is 0 Å². The molecule has 156 valence electrons. The molecule has 3 heterocycles.